The van der Waals surface area contributed by atoms with Crippen molar-refractivity contribution in [2.24, 2.45) is 23.7 Å². The van der Waals surface area contributed by atoms with Crippen molar-refractivity contribution in [1.82, 2.24) is 30.2 Å². The van der Waals surface area contributed by atoms with E-state index in [9.17, 15) is 43.5 Å². The number of hydrogen-bond acceptors (Lipinski definition) is 10. The normalized spacial score (nSPS) is 18.6. The molecule has 17 heteroatoms. The number of nitrogens with one attached hydrogen (secondary N) is 2. The second-order valence-electron chi connectivity index (χ2n) is 18.8. The first kappa shape index (κ1) is 55.9. The molecule has 372 valence electrons. The SMILES string of the molecule is C=C1C[C@@H]([C@H](OC)[C@@H](C)C(=O)N[C@@H](Cc2ccccc2)C(=O)O)N(C(=O)CC(OC)C([C@@H](C)CC)N(C)C(=O)[C@@H](NC(=O)[C@H](C(C)C)N(C)C(=O)CCCCCN2C(=O)C=CC2=O)C(C)C)C1. The maximum atomic E-state index is 14.6. The van der Waals surface area contributed by atoms with Gasteiger partial charge in [0.15, 0.2) is 0 Å². The molecule has 0 spiro atoms. The zero-order valence-electron chi connectivity index (χ0n) is 41.5. The van der Waals surface area contributed by atoms with Gasteiger partial charge in [0, 0.05) is 66.4 Å². The Balaban J connectivity index is 1.74. The fourth-order valence-electron chi connectivity index (χ4n) is 9.21. The number of likely N-dealkylation sites (N-methyl/N-ethyl adjacent to an activating group) is 2. The van der Waals surface area contributed by atoms with Crippen LogP contribution < -0.4 is 10.6 Å². The van der Waals surface area contributed by atoms with Gasteiger partial charge in [-0.25, -0.2) is 4.79 Å². The Labute approximate surface area is 397 Å². The molecule has 67 heavy (non-hydrogen) atoms. The molecule has 3 rings (SSSR count). The van der Waals surface area contributed by atoms with Crippen LogP contribution in [0.3, 0.4) is 0 Å². The molecular formula is C50H76N6O11. The molecule has 0 aliphatic carbocycles. The maximum Gasteiger partial charge on any atom is 0.326 e. The molecule has 1 aromatic carbocycles. The number of methoxy groups -OCH3 is 2. The minimum absolute atomic E-state index is 0.0856. The van der Waals surface area contributed by atoms with Crippen LogP contribution in [0.15, 0.2) is 54.6 Å². The second kappa shape index (κ2) is 26.2. The van der Waals surface area contributed by atoms with E-state index in [1.54, 1.807) is 55.1 Å². The van der Waals surface area contributed by atoms with Gasteiger partial charge in [0.1, 0.15) is 18.1 Å². The predicted octanol–water partition coefficient (Wildman–Crippen LogP) is 3.99. The van der Waals surface area contributed by atoms with Crippen LogP contribution in [0.1, 0.15) is 99.0 Å². The number of carbonyl (C=O) groups excluding carboxylic acids is 7. The van der Waals surface area contributed by atoms with Crippen molar-refractivity contribution in [3.05, 3.63) is 60.2 Å². The van der Waals surface area contributed by atoms with Crippen molar-refractivity contribution in [2.45, 2.75) is 142 Å². The number of carboxylic acid groups (broad SMARTS) is 1. The van der Waals surface area contributed by atoms with Gasteiger partial charge >= 0.3 is 5.97 Å². The van der Waals surface area contributed by atoms with E-state index >= 15 is 0 Å². The van der Waals surface area contributed by atoms with Gasteiger partial charge in [0.2, 0.25) is 29.5 Å². The van der Waals surface area contributed by atoms with Crippen molar-refractivity contribution in [2.75, 3.05) is 41.4 Å². The molecule has 2 unspecified atom stereocenters. The fourth-order valence-corrected chi connectivity index (χ4v) is 9.21. The summed E-state index contributed by atoms with van der Waals surface area (Å²) in [4.78, 5) is 112. The van der Waals surface area contributed by atoms with Crippen LogP contribution >= 0.6 is 0 Å². The van der Waals surface area contributed by atoms with Crippen LogP contribution in [-0.4, -0.2) is 156 Å². The minimum Gasteiger partial charge on any atom is -0.480 e. The monoisotopic (exact) mass is 937 g/mol. The Morgan fingerprint density at radius 1 is 0.851 bits per heavy atom. The first-order chi connectivity index (χ1) is 31.6. The van der Waals surface area contributed by atoms with E-state index in [0.29, 0.717) is 32.1 Å². The van der Waals surface area contributed by atoms with Gasteiger partial charge < -0.3 is 39.9 Å². The van der Waals surface area contributed by atoms with Crippen LogP contribution in [0.4, 0.5) is 0 Å². The predicted molar refractivity (Wildman–Crippen MR) is 253 cm³/mol. The summed E-state index contributed by atoms with van der Waals surface area (Å²) in [5.74, 6) is -5.49. The number of nitrogens with zero attached hydrogens (tertiary/aromatic N) is 4. The number of amides is 7. The Morgan fingerprint density at radius 2 is 1.48 bits per heavy atom. The van der Waals surface area contributed by atoms with Crippen molar-refractivity contribution in [1.29, 1.82) is 0 Å². The summed E-state index contributed by atoms with van der Waals surface area (Å²) < 4.78 is 11.9. The molecule has 0 bridgehead atoms. The van der Waals surface area contributed by atoms with E-state index in [2.05, 4.69) is 17.2 Å². The van der Waals surface area contributed by atoms with Gasteiger partial charge in [-0.15, -0.1) is 0 Å². The van der Waals surface area contributed by atoms with Crippen molar-refractivity contribution in [3.63, 3.8) is 0 Å². The third kappa shape index (κ3) is 15.0. The summed E-state index contributed by atoms with van der Waals surface area (Å²) >= 11 is 0. The quantitative estimate of drug-likeness (QED) is 0.0652. The third-order valence-corrected chi connectivity index (χ3v) is 13.3. The molecular weight excluding hydrogens is 861 g/mol. The molecule has 2 heterocycles. The summed E-state index contributed by atoms with van der Waals surface area (Å²) in [5.41, 5.74) is 1.51. The first-order valence-corrected chi connectivity index (χ1v) is 23.5. The summed E-state index contributed by atoms with van der Waals surface area (Å²) in [6, 6.07) is 4.73. The number of hydrogen-bond donors (Lipinski definition) is 3. The molecule has 2 aliphatic heterocycles. The number of benzene rings is 1. The second-order valence-corrected chi connectivity index (χ2v) is 18.8. The molecule has 0 radical (unpaired) electrons. The number of aliphatic carboxylic acids is 1. The molecule has 2 aliphatic rings. The molecule has 3 N–H and O–H groups in total. The molecule has 17 nitrogen and oxygen atoms in total. The highest BCUT2D eigenvalue weighted by Gasteiger charge is 2.44. The lowest BCUT2D eigenvalue weighted by Crippen LogP contribution is -2.60. The van der Waals surface area contributed by atoms with Gasteiger partial charge in [-0.05, 0) is 42.6 Å². The van der Waals surface area contributed by atoms with Crippen LogP contribution in [-0.2, 0) is 54.3 Å². The lowest BCUT2D eigenvalue weighted by atomic mass is 9.89. The van der Waals surface area contributed by atoms with Gasteiger partial charge in [-0.2, -0.15) is 0 Å². The van der Waals surface area contributed by atoms with E-state index < -0.39 is 66.1 Å². The highest BCUT2D eigenvalue weighted by atomic mass is 16.5. The smallest absolute Gasteiger partial charge is 0.326 e. The Hall–Kier alpha value is -5.42. The highest BCUT2D eigenvalue weighted by molar-refractivity contribution is 6.12. The van der Waals surface area contributed by atoms with Crippen molar-refractivity contribution < 1.29 is 52.9 Å². The van der Waals surface area contributed by atoms with Gasteiger partial charge in [0.05, 0.1) is 36.6 Å². The summed E-state index contributed by atoms with van der Waals surface area (Å²) in [6.45, 7) is 17.5. The van der Waals surface area contributed by atoms with E-state index in [1.807, 2.05) is 47.6 Å². The molecule has 1 saturated heterocycles. The number of rotatable bonds is 27. The van der Waals surface area contributed by atoms with Crippen LogP contribution in [0, 0.1) is 23.7 Å². The number of imide groups is 1. The maximum absolute atomic E-state index is 14.6. The van der Waals surface area contributed by atoms with E-state index in [1.165, 1.54) is 36.2 Å². The number of carbonyl (C=O) groups is 8. The molecule has 7 amide bonds. The average Bonchev–Trinajstić information content (AvgIpc) is 3.83. The van der Waals surface area contributed by atoms with Crippen LogP contribution in [0.5, 0.6) is 0 Å². The number of carboxylic acids is 1. The molecule has 1 aromatic rings. The van der Waals surface area contributed by atoms with E-state index in [-0.39, 0.29) is 79.6 Å². The lowest BCUT2D eigenvalue weighted by Gasteiger charge is -2.41. The number of unbranched alkanes of at least 4 members (excludes halogenated alkanes) is 2. The van der Waals surface area contributed by atoms with Gasteiger partial charge in [-0.3, -0.25) is 38.5 Å². The standard InChI is InChI=1S/C50H76N6O11/c1-13-33(7)45(54(10)49(63)43(30(2)3)52-48(62)44(31(4)5)53(9)39(57)22-18-15-19-25-55-40(58)23-24-41(55)59)38(66-11)28-42(60)56-29-32(6)26-37(56)46(67-12)34(8)47(61)51-36(50(64)65)27-35-20-16-14-17-21-35/h14,16-17,20-21,23-24,30-31,33-34,36-38,43-46H,6,13,15,18-19,22,25-29H2,1-5,7-12H3,(H,51,61)(H,52,62)(H,64,65)/t33-,34+,36-,37-,38?,43-,44-,45?,46+/m0/s1. The molecule has 9 atom stereocenters. The number of likely N-dealkylation sites (tertiary alicyclic amines) is 1. The molecule has 1 fully saturated rings. The summed E-state index contributed by atoms with van der Waals surface area (Å²) in [5, 5.41) is 15.6. The Morgan fingerprint density at radius 3 is 2.01 bits per heavy atom. The van der Waals surface area contributed by atoms with Gasteiger partial charge in [0.25, 0.3) is 11.8 Å². The van der Waals surface area contributed by atoms with E-state index in [4.69, 9.17) is 9.47 Å². The Bertz CT molecular complexity index is 1920. The lowest BCUT2D eigenvalue weighted by molar-refractivity contribution is -0.149. The van der Waals surface area contributed by atoms with Crippen LogP contribution in [0.25, 0.3) is 0 Å². The molecule has 0 aromatic heterocycles. The van der Waals surface area contributed by atoms with Crippen molar-refractivity contribution >= 4 is 47.3 Å². The van der Waals surface area contributed by atoms with E-state index in [0.717, 1.165) is 11.1 Å². The summed E-state index contributed by atoms with van der Waals surface area (Å²) in [7, 11) is 6.15. The largest absolute Gasteiger partial charge is 0.480 e. The summed E-state index contributed by atoms with van der Waals surface area (Å²) in [6.07, 6.45) is 3.62. The topological polar surface area (TPSA) is 212 Å². The third-order valence-electron chi connectivity index (χ3n) is 13.3. The van der Waals surface area contributed by atoms with Gasteiger partial charge in [-0.1, -0.05) is 104 Å². The molecule has 0 saturated carbocycles. The Kier molecular flexibility index (Phi) is 21.9. The fraction of sp³-hybridized carbons (Fsp3) is 0.640. The first-order valence-electron chi connectivity index (χ1n) is 23.5. The zero-order chi connectivity index (χ0) is 50.3. The number of ether oxygens (including phenoxy) is 2. The minimum atomic E-state index is -1.18. The zero-order valence-corrected chi connectivity index (χ0v) is 41.5. The highest BCUT2D eigenvalue weighted by Crippen LogP contribution is 2.31. The van der Waals surface area contributed by atoms with Crippen molar-refractivity contribution in [3.8, 4) is 0 Å². The van der Waals surface area contributed by atoms with Crippen LogP contribution in [0.2, 0.25) is 0 Å². The average molecular weight is 937 g/mol.